The summed E-state index contributed by atoms with van der Waals surface area (Å²) >= 11 is 0. The molecule has 1 aromatic carbocycles. The molecule has 0 spiro atoms. The van der Waals surface area contributed by atoms with Gasteiger partial charge in [-0.2, -0.15) is 0 Å². The lowest BCUT2D eigenvalue weighted by molar-refractivity contribution is -0.122. The Morgan fingerprint density at radius 2 is 2.05 bits per heavy atom. The van der Waals surface area contributed by atoms with Gasteiger partial charge in [0.1, 0.15) is 5.82 Å². The number of para-hydroxylation sites is 2. The number of fused-ring (bicyclic) bond motifs is 1. The Morgan fingerprint density at radius 3 is 2.70 bits per heavy atom. The molecule has 3 N–H and O–H groups in total. The molecule has 0 aliphatic carbocycles. The maximum absolute atomic E-state index is 11.4. The smallest absolute Gasteiger partial charge is 0.236 e. The highest BCUT2D eigenvalue weighted by Gasteiger charge is 2.08. The number of nitrogens with zero attached hydrogens (tertiary/aromatic N) is 2. The summed E-state index contributed by atoms with van der Waals surface area (Å²) in [5.74, 6) is 0.823. The number of hydrogen-bond donors (Lipinski definition) is 2. The Morgan fingerprint density at radius 1 is 1.40 bits per heavy atom. The first-order valence-corrected chi connectivity index (χ1v) is 6.05. The van der Waals surface area contributed by atoms with Gasteiger partial charge in [0.15, 0.2) is 0 Å². The Hall–Kier alpha value is -1.30. The van der Waals surface area contributed by atoms with Crippen molar-refractivity contribution in [3.05, 3.63) is 30.1 Å². The predicted octanol–water partition coefficient (Wildman–Crippen LogP) is 1.65. The highest BCUT2D eigenvalue weighted by Crippen LogP contribution is 2.14. The first-order chi connectivity index (χ1) is 8.59. The van der Waals surface area contributed by atoms with Crippen molar-refractivity contribution in [1.29, 1.82) is 0 Å². The number of imidazole rings is 1. The van der Waals surface area contributed by atoms with Crippen LogP contribution in [0, 0.1) is 6.92 Å². The lowest BCUT2D eigenvalue weighted by atomic mass is 10.3. The van der Waals surface area contributed by atoms with E-state index >= 15 is 0 Å². The van der Waals surface area contributed by atoms with Crippen molar-refractivity contribution in [1.82, 2.24) is 14.9 Å². The van der Waals surface area contributed by atoms with Gasteiger partial charge in [-0.3, -0.25) is 4.79 Å². The van der Waals surface area contributed by atoms with Crippen LogP contribution in [0.3, 0.4) is 0 Å². The van der Waals surface area contributed by atoms with E-state index < -0.39 is 6.04 Å². The lowest BCUT2D eigenvalue weighted by Gasteiger charge is -2.10. The van der Waals surface area contributed by atoms with Gasteiger partial charge in [0.05, 0.1) is 17.1 Å². The van der Waals surface area contributed by atoms with Gasteiger partial charge >= 0.3 is 0 Å². The zero-order valence-electron chi connectivity index (χ0n) is 11.5. The maximum Gasteiger partial charge on any atom is 0.236 e. The maximum atomic E-state index is 11.4. The Labute approximate surface area is 130 Å². The molecule has 0 radical (unpaired) electrons. The van der Waals surface area contributed by atoms with Crippen LogP contribution in [0.5, 0.6) is 0 Å². The highest BCUT2D eigenvalue weighted by molar-refractivity contribution is 5.85. The van der Waals surface area contributed by atoms with E-state index in [1.165, 1.54) is 0 Å². The van der Waals surface area contributed by atoms with E-state index in [1.54, 1.807) is 6.92 Å². The number of benzene rings is 1. The number of rotatable bonds is 4. The molecular formula is C13H20Cl2N4O. The zero-order valence-corrected chi connectivity index (χ0v) is 13.1. The van der Waals surface area contributed by atoms with E-state index in [1.807, 2.05) is 31.2 Å². The third-order valence-electron chi connectivity index (χ3n) is 2.89. The number of nitrogens with two attached hydrogens (primary N) is 1. The molecule has 7 heteroatoms. The first-order valence-electron chi connectivity index (χ1n) is 6.05. The summed E-state index contributed by atoms with van der Waals surface area (Å²) in [6.45, 7) is 4.90. The predicted molar refractivity (Wildman–Crippen MR) is 85.6 cm³/mol. The van der Waals surface area contributed by atoms with Crippen LogP contribution in [0.2, 0.25) is 0 Å². The monoisotopic (exact) mass is 318 g/mol. The molecule has 0 saturated carbocycles. The number of aryl methyl sites for hydroxylation is 1. The van der Waals surface area contributed by atoms with Gasteiger partial charge in [-0.1, -0.05) is 12.1 Å². The molecule has 20 heavy (non-hydrogen) atoms. The molecule has 1 aromatic heterocycles. The van der Waals surface area contributed by atoms with Crippen LogP contribution in [0.25, 0.3) is 11.0 Å². The fourth-order valence-electron chi connectivity index (χ4n) is 1.93. The molecule has 0 saturated heterocycles. The number of carbonyl (C=O) groups excluding carboxylic acids is 1. The third-order valence-corrected chi connectivity index (χ3v) is 2.89. The molecule has 0 fully saturated rings. The minimum Gasteiger partial charge on any atom is -0.353 e. The number of hydrogen-bond acceptors (Lipinski definition) is 3. The molecule has 2 rings (SSSR count). The normalized spacial score (nSPS) is 11.3. The molecule has 112 valence electrons. The fourth-order valence-corrected chi connectivity index (χ4v) is 1.93. The van der Waals surface area contributed by atoms with Crippen molar-refractivity contribution in [3.63, 3.8) is 0 Å². The van der Waals surface area contributed by atoms with Crippen molar-refractivity contribution in [2.45, 2.75) is 26.4 Å². The second-order valence-corrected chi connectivity index (χ2v) is 4.38. The van der Waals surface area contributed by atoms with Crippen molar-refractivity contribution in [2.75, 3.05) is 6.54 Å². The van der Waals surface area contributed by atoms with Gasteiger partial charge in [-0.25, -0.2) is 4.98 Å². The Bertz CT molecular complexity index is 568. The zero-order chi connectivity index (χ0) is 13.1. The van der Waals surface area contributed by atoms with Gasteiger partial charge in [-0.05, 0) is 26.0 Å². The van der Waals surface area contributed by atoms with E-state index in [0.717, 1.165) is 16.9 Å². The van der Waals surface area contributed by atoms with Gasteiger partial charge < -0.3 is 15.6 Å². The van der Waals surface area contributed by atoms with E-state index in [2.05, 4.69) is 14.9 Å². The molecule has 1 amide bonds. The number of aromatic nitrogens is 2. The van der Waals surface area contributed by atoms with Crippen LogP contribution in [-0.4, -0.2) is 28.0 Å². The summed E-state index contributed by atoms with van der Waals surface area (Å²) in [5, 5.41) is 2.80. The molecule has 0 aliphatic heterocycles. The minimum atomic E-state index is -0.467. The lowest BCUT2D eigenvalue weighted by Crippen LogP contribution is -2.39. The molecule has 0 unspecified atom stereocenters. The highest BCUT2D eigenvalue weighted by atomic mass is 35.5. The summed E-state index contributed by atoms with van der Waals surface area (Å²) in [4.78, 5) is 15.8. The first kappa shape index (κ1) is 18.7. The molecule has 1 heterocycles. The average molecular weight is 319 g/mol. The van der Waals surface area contributed by atoms with E-state index in [9.17, 15) is 4.79 Å². The van der Waals surface area contributed by atoms with Crippen LogP contribution in [0.1, 0.15) is 12.7 Å². The van der Waals surface area contributed by atoms with Crippen molar-refractivity contribution in [3.8, 4) is 0 Å². The van der Waals surface area contributed by atoms with Crippen molar-refractivity contribution >= 4 is 41.8 Å². The molecule has 1 atom stereocenters. The van der Waals surface area contributed by atoms with Crippen molar-refractivity contribution < 1.29 is 4.79 Å². The number of halogens is 2. The Kier molecular flexibility index (Phi) is 7.57. The second-order valence-electron chi connectivity index (χ2n) is 4.38. The van der Waals surface area contributed by atoms with Crippen LogP contribution in [0.4, 0.5) is 0 Å². The summed E-state index contributed by atoms with van der Waals surface area (Å²) in [6, 6.07) is 7.50. The molecule has 2 aromatic rings. The minimum absolute atomic E-state index is 0. The second kappa shape index (κ2) is 8.09. The summed E-state index contributed by atoms with van der Waals surface area (Å²) in [6.07, 6.45) is 0. The van der Waals surface area contributed by atoms with Crippen LogP contribution >= 0.6 is 24.8 Å². The van der Waals surface area contributed by atoms with Crippen molar-refractivity contribution in [2.24, 2.45) is 5.73 Å². The fraction of sp³-hybridized carbons (Fsp3) is 0.385. The molecule has 0 aliphatic rings. The summed E-state index contributed by atoms with van der Waals surface area (Å²) in [7, 11) is 0. The van der Waals surface area contributed by atoms with E-state index in [4.69, 9.17) is 5.73 Å². The quantitative estimate of drug-likeness (QED) is 0.900. The number of amides is 1. The van der Waals surface area contributed by atoms with Gasteiger partial charge in [-0.15, -0.1) is 24.8 Å². The van der Waals surface area contributed by atoms with Gasteiger partial charge in [0, 0.05) is 13.1 Å². The van der Waals surface area contributed by atoms with Crippen LogP contribution < -0.4 is 11.1 Å². The summed E-state index contributed by atoms with van der Waals surface area (Å²) < 4.78 is 2.09. The Balaban J connectivity index is 0.00000180. The molecule has 5 nitrogen and oxygen atoms in total. The summed E-state index contributed by atoms with van der Waals surface area (Å²) in [5.41, 5.74) is 7.55. The number of carbonyl (C=O) groups is 1. The third kappa shape index (κ3) is 4.10. The largest absolute Gasteiger partial charge is 0.353 e. The average Bonchev–Trinajstić information content (AvgIpc) is 2.65. The SMILES string of the molecule is Cc1nc2ccccc2n1CCNC(=O)[C@@H](C)N.Cl.Cl. The molecule has 0 bridgehead atoms. The van der Waals surface area contributed by atoms with Gasteiger partial charge in [0.2, 0.25) is 5.91 Å². The van der Waals surface area contributed by atoms with E-state index in [-0.39, 0.29) is 30.7 Å². The van der Waals surface area contributed by atoms with Crippen LogP contribution in [-0.2, 0) is 11.3 Å². The molecular weight excluding hydrogens is 299 g/mol. The standard InChI is InChI=1S/C13H18N4O.2ClH/c1-9(14)13(18)15-7-8-17-10(2)16-11-5-3-4-6-12(11)17;;/h3-6,9H,7-8,14H2,1-2H3,(H,15,18);2*1H/t9-;;/m1../s1. The van der Waals surface area contributed by atoms with Crippen LogP contribution in [0.15, 0.2) is 24.3 Å². The topological polar surface area (TPSA) is 72.9 Å². The number of nitrogens with one attached hydrogen (secondary N) is 1. The van der Waals surface area contributed by atoms with E-state index in [0.29, 0.717) is 13.1 Å². The van der Waals surface area contributed by atoms with Gasteiger partial charge in [0.25, 0.3) is 0 Å².